The van der Waals surface area contributed by atoms with Gasteiger partial charge in [0.1, 0.15) is 5.76 Å². The predicted octanol–water partition coefficient (Wildman–Crippen LogP) is 2.58. The van der Waals surface area contributed by atoms with Crippen molar-refractivity contribution in [1.82, 2.24) is 5.32 Å². The van der Waals surface area contributed by atoms with Crippen molar-refractivity contribution >= 4 is 5.69 Å². The quantitative estimate of drug-likeness (QED) is 0.592. The molecule has 0 saturated carbocycles. The van der Waals surface area contributed by atoms with Crippen molar-refractivity contribution in [3.05, 3.63) is 54.0 Å². The van der Waals surface area contributed by atoms with E-state index in [1.807, 2.05) is 30.3 Å². The third-order valence-electron chi connectivity index (χ3n) is 2.73. The fraction of sp³-hybridized carbons (Fsp3) is 0.286. The van der Waals surface area contributed by atoms with E-state index >= 15 is 0 Å². The minimum atomic E-state index is 0.789. The minimum Gasteiger partial charge on any atom is -0.468 e. The molecule has 0 atom stereocenters. The first kappa shape index (κ1) is 11.7. The van der Waals surface area contributed by atoms with Crippen LogP contribution in [0.1, 0.15) is 17.7 Å². The van der Waals surface area contributed by atoms with Crippen LogP contribution in [0.2, 0.25) is 0 Å². The molecule has 0 amide bonds. The van der Waals surface area contributed by atoms with Crippen LogP contribution < -0.4 is 11.1 Å². The Bertz CT molecular complexity index is 437. The highest BCUT2D eigenvalue weighted by molar-refractivity contribution is 5.46. The summed E-state index contributed by atoms with van der Waals surface area (Å²) in [6, 6.07) is 11.9. The Morgan fingerprint density at radius 1 is 1.12 bits per heavy atom. The van der Waals surface area contributed by atoms with Crippen molar-refractivity contribution in [2.75, 3.05) is 12.3 Å². The lowest BCUT2D eigenvalue weighted by Crippen LogP contribution is -2.15. The summed E-state index contributed by atoms with van der Waals surface area (Å²) in [4.78, 5) is 0. The molecule has 2 aromatic rings. The van der Waals surface area contributed by atoms with Crippen LogP contribution in [-0.2, 0) is 13.0 Å². The van der Waals surface area contributed by atoms with Crippen molar-refractivity contribution in [3.63, 3.8) is 0 Å². The van der Waals surface area contributed by atoms with Crippen molar-refractivity contribution in [2.24, 2.45) is 0 Å². The Kier molecular flexibility index (Phi) is 4.22. The highest BCUT2D eigenvalue weighted by Crippen LogP contribution is 2.12. The monoisotopic (exact) mass is 230 g/mol. The Morgan fingerprint density at radius 3 is 2.76 bits per heavy atom. The second-order valence-electron chi connectivity index (χ2n) is 4.06. The zero-order chi connectivity index (χ0) is 11.9. The number of rotatable bonds is 6. The van der Waals surface area contributed by atoms with Crippen LogP contribution in [-0.4, -0.2) is 6.54 Å². The lowest BCUT2D eigenvalue weighted by Gasteiger charge is -2.05. The lowest BCUT2D eigenvalue weighted by atomic mass is 10.1. The first-order valence-electron chi connectivity index (χ1n) is 5.93. The van der Waals surface area contributed by atoms with Crippen molar-refractivity contribution in [3.8, 4) is 0 Å². The van der Waals surface area contributed by atoms with Gasteiger partial charge in [0.25, 0.3) is 0 Å². The van der Waals surface area contributed by atoms with E-state index in [0.717, 1.165) is 37.4 Å². The highest BCUT2D eigenvalue weighted by Gasteiger charge is 1.98. The van der Waals surface area contributed by atoms with Crippen LogP contribution in [0.15, 0.2) is 47.1 Å². The van der Waals surface area contributed by atoms with Gasteiger partial charge in [0, 0.05) is 5.69 Å². The maximum atomic E-state index is 5.88. The third-order valence-corrected chi connectivity index (χ3v) is 2.73. The Balaban J connectivity index is 1.65. The van der Waals surface area contributed by atoms with Gasteiger partial charge in [-0.1, -0.05) is 18.2 Å². The molecule has 0 bridgehead atoms. The summed E-state index contributed by atoms with van der Waals surface area (Å²) >= 11 is 0. The molecule has 1 heterocycles. The number of nitrogen functional groups attached to an aromatic ring is 1. The molecular formula is C14H18N2O. The van der Waals surface area contributed by atoms with Gasteiger partial charge < -0.3 is 15.5 Å². The first-order chi connectivity index (χ1) is 8.36. The molecule has 1 aromatic carbocycles. The van der Waals surface area contributed by atoms with Gasteiger partial charge in [-0.15, -0.1) is 0 Å². The lowest BCUT2D eigenvalue weighted by molar-refractivity contribution is 0.481. The van der Waals surface area contributed by atoms with Gasteiger partial charge in [-0.3, -0.25) is 0 Å². The first-order valence-corrected chi connectivity index (χ1v) is 5.93. The van der Waals surface area contributed by atoms with Crippen LogP contribution in [0.25, 0.3) is 0 Å². The number of aryl methyl sites for hydroxylation is 1. The standard InChI is InChI=1S/C14H18N2O/c15-14-8-2-1-5-12(14)6-3-9-16-11-13-7-4-10-17-13/h1-2,4-5,7-8,10,16H,3,6,9,11,15H2. The summed E-state index contributed by atoms with van der Waals surface area (Å²) in [5.41, 5.74) is 7.99. The number of para-hydroxylation sites is 1. The average molecular weight is 230 g/mol. The molecule has 17 heavy (non-hydrogen) atoms. The molecule has 0 saturated heterocycles. The smallest absolute Gasteiger partial charge is 0.117 e. The van der Waals surface area contributed by atoms with Crippen molar-refractivity contribution in [2.45, 2.75) is 19.4 Å². The second kappa shape index (κ2) is 6.11. The fourth-order valence-electron chi connectivity index (χ4n) is 1.79. The topological polar surface area (TPSA) is 51.2 Å². The van der Waals surface area contributed by atoms with E-state index in [1.54, 1.807) is 6.26 Å². The molecule has 0 radical (unpaired) electrons. The predicted molar refractivity (Wildman–Crippen MR) is 69.6 cm³/mol. The largest absolute Gasteiger partial charge is 0.468 e. The maximum absolute atomic E-state index is 5.88. The molecule has 3 heteroatoms. The third kappa shape index (κ3) is 3.64. The number of furan rings is 1. The summed E-state index contributed by atoms with van der Waals surface area (Å²) < 4.78 is 5.23. The van der Waals surface area contributed by atoms with Crippen LogP contribution in [0.3, 0.4) is 0 Å². The normalized spacial score (nSPS) is 10.6. The number of nitrogens with two attached hydrogens (primary N) is 1. The molecule has 0 fully saturated rings. The molecule has 1 aromatic heterocycles. The summed E-state index contributed by atoms with van der Waals surface area (Å²) in [6.07, 6.45) is 3.79. The molecule has 3 N–H and O–H groups in total. The zero-order valence-electron chi connectivity index (χ0n) is 9.86. The molecule has 0 unspecified atom stereocenters. The molecule has 0 spiro atoms. The average Bonchev–Trinajstić information content (AvgIpc) is 2.84. The van der Waals surface area contributed by atoms with Gasteiger partial charge in [0.2, 0.25) is 0 Å². The van der Waals surface area contributed by atoms with Crippen LogP contribution >= 0.6 is 0 Å². The van der Waals surface area contributed by atoms with Gasteiger partial charge in [-0.05, 0) is 43.1 Å². The zero-order valence-corrected chi connectivity index (χ0v) is 9.86. The Labute approximate surface area is 102 Å². The van der Waals surface area contributed by atoms with Crippen LogP contribution in [0, 0.1) is 0 Å². The van der Waals surface area contributed by atoms with Crippen LogP contribution in [0.5, 0.6) is 0 Å². The van der Waals surface area contributed by atoms with Gasteiger partial charge in [0.15, 0.2) is 0 Å². The summed E-state index contributed by atoms with van der Waals surface area (Å²) in [5.74, 6) is 0.976. The van der Waals surface area contributed by atoms with Crippen molar-refractivity contribution < 1.29 is 4.42 Å². The molecule has 90 valence electrons. The van der Waals surface area contributed by atoms with E-state index in [-0.39, 0.29) is 0 Å². The molecule has 0 aliphatic rings. The summed E-state index contributed by atoms with van der Waals surface area (Å²) in [6.45, 7) is 1.76. The van der Waals surface area contributed by atoms with Gasteiger partial charge in [-0.25, -0.2) is 0 Å². The van der Waals surface area contributed by atoms with E-state index < -0.39 is 0 Å². The molecule has 2 rings (SSSR count). The van der Waals surface area contributed by atoms with E-state index in [9.17, 15) is 0 Å². The Hall–Kier alpha value is -1.74. The van der Waals surface area contributed by atoms with Crippen molar-refractivity contribution in [1.29, 1.82) is 0 Å². The van der Waals surface area contributed by atoms with Gasteiger partial charge in [-0.2, -0.15) is 0 Å². The number of anilines is 1. The number of hydrogen-bond donors (Lipinski definition) is 2. The second-order valence-corrected chi connectivity index (χ2v) is 4.06. The van der Waals surface area contributed by atoms with Crippen LogP contribution in [0.4, 0.5) is 5.69 Å². The molecular weight excluding hydrogens is 212 g/mol. The number of nitrogens with one attached hydrogen (secondary N) is 1. The van der Waals surface area contributed by atoms with E-state index in [1.165, 1.54) is 5.56 Å². The maximum Gasteiger partial charge on any atom is 0.117 e. The summed E-state index contributed by atoms with van der Waals surface area (Å²) in [7, 11) is 0. The van der Waals surface area contributed by atoms with Gasteiger partial charge in [0.05, 0.1) is 12.8 Å². The Morgan fingerprint density at radius 2 is 2.00 bits per heavy atom. The summed E-state index contributed by atoms with van der Waals surface area (Å²) in [5, 5.41) is 3.34. The molecule has 3 nitrogen and oxygen atoms in total. The SMILES string of the molecule is Nc1ccccc1CCCNCc1ccco1. The highest BCUT2D eigenvalue weighted by atomic mass is 16.3. The number of hydrogen-bond acceptors (Lipinski definition) is 3. The molecule has 0 aliphatic carbocycles. The van der Waals surface area contributed by atoms with E-state index in [2.05, 4.69) is 11.4 Å². The molecule has 0 aliphatic heterocycles. The van der Waals surface area contributed by atoms with Gasteiger partial charge >= 0.3 is 0 Å². The number of benzene rings is 1. The van der Waals surface area contributed by atoms with E-state index in [0.29, 0.717) is 0 Å². The fourth-order valence-corrected chi connectivity index (χ4v) is 1.79. The minimum absolute atomic E-state index is 0.789. The van der Waals surface area contributed by atoms with E-state index in [4.69, 9.17) is 10.2 Å².